The van der Waals surface area contributed by atoms with Crippen LogP contribution in [0.15, 0.2) is 30.3 Å². The van der Waals surface area contributed by atoms with E-state index in [1.54, 1.807) is 0 Å². The van der Waals surface area contributed by atoms with E-state index in [-0.39, 0.29) is 0 Å². The third-order valence-electron chi connectivity index (χ3n) is 2.93. The molecule has 0 atom stereocenters. The average molecular weight is 226 g/mol. The fourth-order valence-corrected chi connectivity index (χ4v) is 2.11. The molecular formula is C15H18N2. The fraction of sp³-hybridized carbons (Fsp3) is 0.333. The van der Waals surface area contributed by atoms with Crippen LogP contribution < -0.4 is 5.32 Å². The quantitative estimate of drug-likeness (QED) is 0.776. The molecule has 0 aliphatic rings. The monoisotopic (exact) mass is 226 g/mol. The lowest BCUT2D eigenvalue weighted by Gasteiger charge is -2.09. The highest BCUT2D eigenvalue weighted by Crippen LogP contribution is 2.20. The Balaban J connectivity index is 2.38. The van der Waals surface area contributed by atoms with E-state index in [0.717, 1.165) is 26.1 Å². The molecule has 0 spiro atoms. The van der Waals surface area contributed by atoms with Crippen LogP contribution in [0.25, 0.3) is 10.9 Å². The lowest BCUT2D eigenvalue weighted by molar-refractivity contribution is 0.642. The number of hydrogen-bond donors (Lipinski definition) is 1. The zero-order valence-corrected chi connectivity index (χ0v) is 10.2. The summed E-state index contributed by atoms with van der Waals surface area (Å²) in [6.07, 6.45) is 6.14. The third kappa shape index (κ3) is 2.51. The molecule has 1 aromatic carbocycles. The van der Waals surface area contributed by atoms with Crippen LogP contribution in [-0.4, -0.2) is 11.1 Å². The molecule has 1 N–H and O–H groups in total. The highest BCUT2D eigenvalue weighted by molar-refractivity contribution is 5.81. The molecule has 2 nitrogen and oxygen atoms in total. The van der Waals surface area contributed by atoms with E-state index < -0.39 is 0 Å². The van der Waals surface area contributed by atoms with E-state index in [0.29, 0.717) is 0 Å². The van der Waals surface area contributed by atoms with Gasteiger partial charge in [-0.3, -0.25) is 0 Å². The van der Waals surface area contributed by atoms with Gasteiger partial charge in [0.15, 0.2) is 0 Å². The highest BCUT2D eigenvalue weighted by atomic mass is 15.0. The molecule has 0 bridgehead atoms. The number of aromatic nitrogens is 1. The van der Waals surface area contributed by atoms with E-state index in [2.05, 4.69) is 53.1 Å². The van der Waals surface area contributed by atoms with Crippen LogP contribution in [-0.2, 0) is 13.1 Å². The van der Waals surface area contributed by atoms with Crippen LogP contribution in [0, 0.1) is 12.3 Å². The molecule has 1 heterocycles. The maximum absolute atomic E-state index is 5.36. The summed E-state index contributed by atoms with van der Waals surface area (Å²) < 4.78 is 2.32. The summed E-state index contributed by atoms with van der Waals surface area (Å²) in [4.78, 5) is 0. The van der Waals surface area contributed by atoms with Crippen molar-refractivity contribution >= 4 is 10.9 Å². The second kappa shape index (κ2) is 5.56. The van der Waals surface area contributed by atoms with Gasteiger partial charge in [-0.15, -0.1) is 12.3 Å². The number of aryl methyl sites for hydroxylation is 1. The number of rotatable bonds is 5. The predicted octanol–water partition coefficient (Wildman–Crippen LogP) is 2.77. The highest BCUT2D eigenvalue weighted by Gasteiger charge is 2.06. The molecule has 0 aliphatic carbocycles. The van der Waals surface area contributed by atoms with Crippen molar-refractivity contribution in [3.8, 4) is 12.3 Å². The minimum atomic E-state index is 0.776. The standard InChI is InChI=1S/C15H18N2/c1-3-5-10-17-14(12-16-4-2)11-13-8-6-7-9-15(13)17/h1,6-9,11,16H,4-5,10,12H2,2H3. The van der Waals surface area contributed by atoms with Gasteiger partial charge in [-0.1, -0.05) is 25.1 Å². The predicted molar refractivity (Wildman–Crippen MR) is 72.8 cm³/mol. The van der Waals surface area contributed by atoms with E-state index in [1.807, 2.05) is 0 Å². The van der Waals surface area contributed by atoms with E-state index >= 15 is 0 Å². The number of terminal acetylenes is 1. The zero-order valence-electron chi connectivity index (χ0n) is 10.2. The first-order valence-electron chi connectivity index (χ1n) is 6.08. The van der Waals surface area contributed by atoms with Crippen molar-refractivity contribution in [1.29, 1.82) is 0 Å². The first kappa shape index (κ1) is 11.8. The lowest BCUT2D eigenvalue weighted by atomic mass is 10.2. The molecule has 2 heteroatoms. The first-order chi connectivity index (χ1) is 8.36. The van der Waals surface area contributed by atoms with E-state index in [4.69, 9.17) is 6.42 Å². The van der Waals surface area contributed by atoms with Crippen molar-refractivity contribution in [3.63, 3.8) is 0 Å². The van der Waals surface area contributed by atoms with Crippen LogP contribution in [0.1, 0.15) is 19.0 Å². The van der Waals surface area contributed by atoms with Crippen LogP contribution in [0.3, 0.4) is 0 Å². The van der Waals surface area contributed by atoms with Crippen molar-refractivity contribution in [3.05, 3.63) is 36.0 Å². The summed E-state index contributed by atoms with van der Waals surface area (Å²) >= 11 is 0. The lowest BCUT2D eigenvalue weighted by Crippen LogP contribution is -2.15. The molecular weight excluding hydrogens is 208 g/mol. The Kier molecular flexibility index (Phi) is 3.85. The zero-order chi connectivity index (χ0) is 12.1. The van der Waals surface area contributed by atoms with Gasteiger partial charge in [-0.2, -0.15) is 0 Å². The van der Waals surface area contributed by atoms with Crippen molar-refractivity contribution in [1.82, 2.24) is 9.88 Å². The Labute approximate surface area is 103 Å². The molecule has 1 aromatic heterocycles. The summed E-state index contributed by atoms with van der Waals surface area (Å²) in [6.45, 7) is 4.89. The molecule has 0 saturated carbocycles. The molecule has 0 amide bonds. The number of para-hydroxylation sites is 1. The molecule has 17 heavy (non-hydrogen) atoms. The van der Waals surface area contributed by atoms with Gasteiger partial charge in [0.25, 0.3) is 0 Å². The summed E-state index contributed by atoms with van der Waals surface area (Å²) in [6, 6.07) is 10.7. The Morgan fingerprint density at radius 2 is 2.18 bits per heavy atom. The third-order valence-corrected chi connectivity index (χ3v) is 2.93. The molecule has 0 aliphatic heterocycles. The normalized spacial score (nSPS) is 10.6. The van der Waals surface area contributed by atoms with Gasteiger partial charge >= 0.3 is 0 Å². The molecule has 0 saturated heterocycles. The van der Waals surface area contributed by atoms with Crippen LogP contribution >= 0.6 is 0 Å². The van der Waals surface area contributed by atoms with Gasteiger partial charge in [-0.25, -0.2) is 0 Å². The van der Waals surface area contributed by atoms with E-state index in [9.17, 15) is 0 Å². The molecule has 0 fully saturated rings. The summed E-state index contributed by atoms with van der Waals surface area (Å²) in [5.41, 5.74) is 2.58. The Morgan fingerprint density at radius 3 is 2.94 bits per heavy atom. The number of hydrogen-bond acceptors (Lipinski definition) is 1. The largest absolute Gasteiger partial charge is 0.342 e. The van der Waals surface area contributed by atoms with Gasteiger partial charge in [0.2, 0.25) is 0 Å². The molecule has 2 aromatic rings. The Hall–Kier alpha value is -1.72. The van der Waals surface area contributed by atoms with E-state index in [1.165, 1.54) is 16.6 Å². The first-order valence-corrected chi connectivity index (χ1v) is 6.08. The number of benzene rings is 1. The second-order valence-corrected chi connectivity index (χ2v) is 4.08. The van der Waals surface area contributed by atoms with Gasteiger partial charge in [0.05, 0.1) is 0 Å². The summed E-state index contributed by atoms with van der Waals surface area (Å²) in [5.74, 6) is 2.71. The number of fused-ring (bicyclic) bond motifs is 1. The molecule has 0 unspecified atom stereocenters. The van der Waals surface area contributed by atoms with Gasteiger partial charge in [0, 0.05) is 30.7 Å². The van der Waals surface area contributed by atoms with Gasteiger partial charge in [0.1, 0.15) is 0 Å². The summed E-state index contributed by atoms with van der Waals surface area (Å²) in [7, 11) is 0. The second-order valence-electron chi connectivity index (χ2n) is 4.08. The topological polar surface area (TPSA) is 17.0 Å². The van der Waals surface area contributed by atoms with Crippen LogP contribution in [0.5, 0.6) is 0 Å². The number of nitrogens with zero attached hydrogens (tertiary/aromatic N) is 1. The molecule has 0 radical (unpaired) electrons. The Bertz CT molecular complexity index is 531. The summed E-state index contributed by atoms with van der Waals surface area (Å²) in [5, 5.41) is 4.66. The Morgan fingerprint density at radius 1 is 1.35 bits per heavy atom. The van der Waals surface area contributed by atoms with Crippen LogP contribution in [0.4, 0.5) is 0 Å². The minimum absolute atomic E-state index is 0.776. The maximum atomic E-state index is 5.36. The van der Waals surface area contributed by atoms with Crippen molar-refractivity contribution in [2.45, 2.75) is 26.4 Å². The fourth-order valence-electron chi connectivity index (χ4n) is 2.11. The SMILES string of the molecule is C#CCCn1c(CNCC)cc2ccccc21. The smallest absolute Gasteiger partial charge is 0.0483 e. The maximum Gasteiger partial charge on any atom is 0.0483 e. The molecule has 2 rings (SSSR count). The molecule has 88 valence electrons. The van der Waals surface area contributed by atoms with Crippen molar-refractivity contribution < 1.29 is 0 Å². The number of nitrogens with one attached hydrogen (secondary N) is 1. The van der Waals surface area contributed by atoms with Crippen molar-refractivity contribution in [2.75, 3.05) is 6.54 Å². The van der Waals surface area contributed by atoms with Gasteiger partial charge in [-0.05, 0) is 24.1 Å². The van der Waals surface area contributed by atoms with Gasteiger partial charge < -0.3 is 9.88 Å². The average Bonchev–Trinajstić information content (AvgIpc) is 2.71. The van der Waals surface area contributed by atoms with Crippen LogP contribution in [0.2, 0.25) is 0 Å². The van der Waals surface area contributed by atoms with Crippen molar-refractivity contribution in [2.24, 2.45) is 0 Å². The minimum Gasteiger partial charge on any atom is -0.342 e.